The van der Waals surface area contributed by atoms with Crippen molar-refractivity contribution in [3.63, 3.8) is 0 Å². The second-order valence-corrected chi connectivity index (χ2v) is 4.00. The number of aromatic nitrogens is 1. The molecule has 0 fully saturated rings. The lowest BCUT2D eigenvalue weighted by atomic mass is 10.1. The molecule has 4 heteroatoms. The Morgan fingerprint density at radius 3 is 2.87 bits per heavy atom. The first kappa shape index (κ1) is 10.1. The number of hydrogen-bond acceptors (Lipinski definition) is 2. The first-order valence-electron chi connectivity index (χ1n) is 4.63. The predicted octanol–water partition coefficient (Wildman–Crippen LogP) is 2.14. The normalized spacial score (nSPS) is 10.6. The van der Waals surface area contributed by atoms with Gasteiger partial charge in [0, 0.05) is 29.7 Å². The number of nitrogens with zero attached hydrogens (tertiary/aromatic N) is 1. The first-order valence-corrected chi connectivity index (χ1v) is 5.04. The maximum atomic E-state index is 8.74. The molecule has 0 aliphatic rings. The van der Waals surface area contributed by atoms with Crippen LogP contribution in [-0.4, -0.2) is 14.8 Å². The fourth-order valence-corrected chi connectivity index (χ4v) is 1.92. The van der Waals surface area contributed by atoms with E-state index < -0.39 is 0 Å². The fraction of sp³-hybridized carbons (Fsp3) is 0.182. The monoisotopic (exact) mass is 220 g/mol. The maximum absolute atomic E-state index is 8.74. The van der Waals surface area contributed by atoms with Gasteiger partial charge in [-0.2, -0.15) is 0 Å². The van der Waals surface area contributed by atoms with Crippen molar-refractivity contribution in [2.75, 3.05) is 0 Å². The summed E-state index contributed by atoms with van der Waals surface area (Å²) in [5.74, 6) is 0. The van der Waals surface area contributed by atoms with Crippen LogP contribution in [0, 0.1) is 6.92 Å². The Kier molecular flexibility index (Phi) is 2.46. The number of rotatable bonds is 1. The van der Waals surface area contributed by atoms with Crippen molar-refractivity contribution in [3.8, 4) is 0 Å². The predicted molar refractivity (Wildman–Crippen MR) is 64.3 cm³/mol. The quantitative estimate of drug-likeness (QED) is 0.571. The summed E-state index contributed by atoms with van der Waals surface area (Å²) in [5, 5.41) is 9.95. The number of thiocarbonyl (C=S) groups is 1. The maximum Gasteiger partial charge on any atom is 0.130 e. The summed E-state index contributed by atoms with van der Waals surface area (Å²) in [7, 11) is 1.99. The molecule has 78 valence electrons. The van der Waals surface area contributed by atoms with E-state index in [0.29, 0.717) is 4.99 Å². The largest absolute Gasteiger partial charge is 0.350 e. The summed E-state index contributed by atoms with van der Waals surface area (Å²) < 4.78 is 2.05. The third kappa shape index (κ3) is 1.62. The Morgan fingerprint density at radius 1 is 1.47 bits per heavy atom. The number of benzene rings is 1. The number of fused-ring (bicyclic) bond motifs is 1. The zero-order chi connectivity index (χ0) is 11.0. The van der Waals surface area contributed by atoms with Crippen LogP contribution in [-0.2, 0) is 7.05 Å². The minimum absolute atomic E-state index is 0.343. The van der Waals surface area contributed by atoms with Crippen LogP contribution < -0.4 is 5.48 Å². The van der Waals surface area contributed by atoms with Gasteiger partial charge in [-0.3, -0.25) is 10.7 Å². The summed E-state index contributed by atoms with van der Waals surface area (Å²) in [6, 6.07) is 5.89. The zero-order valence-corrected chi connectivity index (χ0v) is 9.43. The second-order valence-electron chi connectivity index (χ2n) is 3.60. The summed E-state index contributed by atoms with van der Waals surface area (Å²) in [6.07, 6.45) is 2.07. The van der Waals surface area contributed by atoms with Crippen molar-refractivity contribution in [2.24, 2.45) is 7.05 Å². The topological polar surface area (TPSA) is 37.2 Å². The molecule has 0 bridgehead atoms. The number of aryl methyl sites for hydroxylation is 2. The standard InChI is InChI=1S/C11H12N2OS/c1-7-6-13(2)10-5-8(11(15)12-14)3-4-9(7)10/h3-6,14H,1-2H3,(H,12,15). The van der Waals surface area contributed by atoms with Gasteiger partial charge in [-0.15, -0.1) is 0 Å². The summed E-state index contributed by atoms with van der Waals surface area (Å²) in [5.41, 5.74) is 5.17. The molecule has 0 radical (unpaired) electrons. The molecule has 1 heterocycles. The Bertz CT molecular complexity index is 531. The minimum Gasteiger partial charge on any atom is -0.350 e. The van der Waals surface area contributed by atoms with E-state index >= 15 is 0 Å². The van der Waals surface area contributed by atoms with Crippen LogP contribution in [0.4, 0.5) is 0 Å². The van der Waals surface area contributed by atoms with E-state index in [1.165, 1.54) is 10.9 Å². The molecule has 0 saturated heterocycles. The van der Waals surface area contributed by atoms with E-state index in [1.54, 1.807) is 0 Å². The lowest BCUT2D eigenvalue weighted by molar-refractivity contribution is 0.238. The Morgan fingerprint density at radius 2 is 2.20 bits per heavy atom. The van der Waals surface area contributed by atoms with Gasteiger partial charge in [0.1, 0.15) is 4.99 Å². The number of nitrogens with one attached hydrogen (secondary N) is 1. The van der Waals surface area contributed by atoms with Gasteiger partial charge in [0.2, 0.25) is 0 Å². The average Bonchev–Trinajstić information content (AvgIpc) is 2.53. The molecule has 0 unspecified atom stereocenters. The molecular weight excluding hydrogens is 208 g/mol. The van der Waals surface area contributed by atoms with Crippen LogP contribution in [0.15, 0.2) is 24.4 Å². The van der Waals surface area contributed by atoms with Crippen molar-refractivity contribution < 1.29 is 5.21 Å². The SMILES string of the molecule is Cc1cn(C)c2cc(C(=S)NO)ccc12. The minimum atomic E-state index is 0.343. The van der Waals surface area contributed by atoms with Crippen LogP contribution in [0.3, 0.4) is 0 Å². The average molecular weight is 220 g/mol. The summed E-state index contributed by atoms with van der Waals surface area (Å²) in [4.78, 5) is 0.343. The highest BCUT2D eigenvalue weighted by Gasteiger charge is 2.05. The van der Waals surface area contributed by atoms with Gasteiger partial charge >= 0.3 is 0 Å². The molecule has 1 aromatic carbocycles. The molecular formula is C11H12N2OS. The lowest BCUT2D eigenvalue weighted by Gasteiger charge is -2.03. The zero-order valence-electron chi connectivity index (χ0n) is 8.61. The van der Waals surface area contributed by atoms with Gasteiger partial charge < -0.3 is 4.57 Å². The van der Waals surface area contributed by atoms with Crippen LogP contribution in [0.2, 0.25) is 0 Å². The molecule has 15 heavy (non-hydrogen) atoms. The highest BCUT2D eigenvalue weighted by Crippen LogP contribution is 2.21. The molecule has 0 atom stereocenters. The molecule has 0 aliphatic carbocycles. The van der Waals surface area contributed by atoms with Gasteiger partial charge in [0.15, 0.2) is 0 Å². The van der Waals surface area contributed by atoms with Crippen molar-refractivity contribution in [1.29, 1.82) is 0 Å². The number of hydrogen-bond donors (Lipinski definition) is 2. The van der Waals surface area contributed by atoms with E-state index in [9.17, 15) is 0 Å². The van der Waals surface area contributed by atoms with E-state index in [-0.39, 0.29) is 0 Å². The third-order valence-electron chi connectivity index (χ3n) is 2.55. The van der Waals surface area contributed by atoms with Gasteiger partial charge in [0.25, 0.3) is 0 Å². The van der Waals surface area contributed by atoms with Gasteiger partial charge in [-0.25, -0.2) is 0 Å². The molecule has 0 spiro atoms. The van der Waals surface area contributed by atoms with Gasteiger partial charge in [-0.05, 0) is 18.6 Å². The van der Waals surface area contributed by atoms with Crippen molar-refractivity contribution in [2.45, 2.75) is 6.92 Å². The van der Waals surface area contributed by atoms with Crippen LogP contribution >= 0.6 is 12.2 Å². The molecule has 0 aliphatic heterocycles. The Hall–Kier alpha value is -1.39. The molecule has 3 nitrogen and oxygen atoms in total. The molecule has 2 rings (SSSR count). The van der Waals surface area contributed by atoms with Crippen molar-refractivity contribution in [1.82, 2.24) is 10.0 Å². The smallest absolute Gasteiger partial charge is 0.130 e. The van der Waals surface area contributed by atoms with Crippen LogP contribution in [0.1, 0.15) is 11.1 Å². The molecule has 0 saturated carbocycles. The molecule has 2 N–H and O–H groups in total. The Labute approximate surface area is 93.3 Å². The van der Waals surface area contributed by atoms with E-state index in [4.69, 9.17) is 17.4 Å². The van der Waals surface area contributed by atoms with E-state index in [2.05, 4.69) is 13.1 Å². The molecule has 2 aromatic rings. The summed E-state index contributed by atoms with van der Waals surface area (Å²) in [6.45, 7) is 2.07. The van der Waals surface area contributed by atoms with Gasteiger partial charge in [-0.1, -0.05) is 24.4 Å². The van der Waals surface area contributed by atoms with Gasteiger partial charge in [0.05, 0.1) is 0 Å². The fourth-order valence-electron chi connectivity index (χ4n) is 1.79. The van der Waals surface area contributed by atoms with Crippen molar-refractivity contribution in [3.05, 3.63) is 35.5 Å². The molecule has 0 amide bonds. The third-order valence-corrected chi connectivity index (χ3v) is 2.88. The highest BCUT2D eigenvalue weighted by atomic mass is 32.1. The Balaban J connectivity index is 2.65. The highest BCUT2D eigenvalue weighted by molar-refractivity contribution is 7.80. The lowest BCUT2D eigenvalue weighted by Crippen LogP contribution is -2.17. The van der Waals surface area contributed by atoms with Crippen molar-refractivity contribution >= 4 is 28.1 Å². The molecule has 1 aromatic heterocycles. The van der Waals surface area contributed by atoms with Crippen LogP contribution in [0.5, 0.6) is 0 Å². The van der Waals surface area contributed by atoms with E-state index in [1.807, 2.05) is 35.3 Å². The van der Waals surface area contributed by atoms with E-state index in [0.717, 1.165) is 11.1 Å². The number of hydroxylamine groups is 1. The second kappa shape index (κ2) is 3.64. The van der Waals surface area contributed by atoms with Crippen LogP contribution in [0.25, 0.3) is 10.9 Å². The first-order chi connectivity index (χ1) is 7.13. The summed E-state index contributed by atoms with van der Waals surface area (Å²) >= 11 is 4.96.